The number of para-hydroxylation sites is 1. The maximum atomic E-state index is 12.9. The number of rotatable bonds is 4. The first-order valence-electron chi connectivity index (χ1n) is 8.36. The minimum Gasteiger partial charge on any atom is -0.306 e. The highest BCUT2D eigenvalue weighted by Gasteiger charge is 2.30. The predicted molar refractivity (Wildman–Crippen MR) is 106 cm³/mol. The summed E-state index contributed by atoms with van der Waals surface area (Å²) in [5, 5.41) is 3.76. The van der Waals surface area contributed by atoms with Crippen molar-refractivity contribution in [1.29, 1.82) is 0 Å². The number of anilines is 2. The molecule has 2 amide bonds. The van der Waals surface area contributed by atoms with Crippen molar-refractivity contribution in [2.45, 2.75) is 12.8 Å². The van der Waals surface area contributed by atoms with Crippen LogP contribution in [0, 0.1) is 0 Å². The van der Waals surface area contributed by atoms with Crippen molar-refractivity contribution in [2.24, 2.45) is 0 Å². The lowest BCUT2D eigenvalue weighted by Crippen LogP contribution is -2.37. The topological polar surface area (TPSA) is 75.2 Å². The molecule has 3 heterocycles. The first-order chi connectivity index (χ1) is 13.1. The monoisotopic (exact) mass is 398 g/mol. The number of fused-ring (bicyclic) bond motifs is 1. The first kappa shape index (κ1) is 17.6. The highest BCUT2D eigenvalue weighted by atomic mass is 35.5. The molecule has 6 nitrogen and oxygen atoms in total. The highest BCUT2D eigenvalue weighted by Crippen LogP contribution is 2.33. The summed E-state index contributed by atoms with van der Waals surface area (Å²) in [4.78, 5) is 35.7. The lowest BCUT2D eigenvalue weighted by Gasteiger charge is -2.26. The maximum absolute atomic E-state index is 12.9. The summed E-state index contributed by atoms with van der Waals surface area (Å²) in [7, 11) is 0. The predicted octanol–water partition coefficient (Wildman–Crippen LogP) is 3.58. The van der Waals surface area contributed by atoms with Gasteiger partial charge in [0, 0.05) is 25.4 Å². The Kier molecular flexibility index (Phi) is 4.87. The van der Waals surface area contributed by atoms with Gasteiger partial charge in [-0.3, -0.25) is 14.6 Å². The van der Waals surface area contributed by atoms with E-state index in [2.05, 4.69) is 15.3 Å². The molecule has 27 heavy (non-hydrogen) atoms. The Labute approximate surface area is 164 Å². The number of pyridine rings is 1. The maximum Gasteiger partial charge on any atom is 0.270 e. The van der Waals surface area contributed by atoms with Crippen molar-refractivity contribution in [3.05, 3.63) is 69.9 Å². The van der Waals surface area contributed by atoms with Crippen LogP contribution in [0.1, 0.15) is 20.9 Å². The van der Waals surface area contributed by atoms with E-state index in [9.17, 15) is 9.59 Å². The standard InChI is InChI=1S/C19H15ClN4O2S/c20-13-3-1-2-4-15(13)24-10-7-14-17(18(24)26)27-19(22-14)23-16(25)11-12-5-8-21-9-6-12/h1-6,8-9H,7,10-11H2,(H,22,23,25). The lowest BCUT2D eigenvalue weighted by molar-refractivity contribution is -0.115. The average molecular weight is 399 g/mol. The summed E-state index contributed by atoms with van der Waals surface area (Å²) in [6.07, 6.45) is 4.13. The summed E-state index contributed by atoms with van der Waals surface area (Å²) in [6.45, 7) is 0.504. The van der Waals surface area contributed by atoms with Crippen LogP contribution in [-0.4, -0.2) is 28.3 Å². The molecule has 1 aromatic carbocycles. The number of aromatic nitrogens is 2. The van der Waals surface area contributed by atoms with Gasteiger partial charge in [-0.15, -0.1) is 0 Å². The SMILES string of the molecule is O=C(Cc1ccncc1)Nc1nc2c(s1)C(=O)N(c1ccccc1Cl)CC2. The molecule has 136 valence electrons. The molecule has 0 spiro atoms. The van der Waals surface area contributed by atoms with E-state index in [1.54, 1.807) is 35.5 Å². The fourth-order valence-corrected chi connectivity index (χ4v) is 4.15. The Bertz CT molecular complexity index is 1010. The minimum atomic E-state index is -0.178. The van der Waals surface area contributed by atoms with Crippen LogP contribution < -0.4 is 10.2 Å². The minimum absolute atomic E-state index is 0.142. The zero-order chi connectivity index (χ0) is 18.8. The Morgan fingerprint density at radius 2 is 2.00 bits per heavy atom. The van der Waals surface area contributed by atoms with E-state index in [-0.39, 0.29) is 18.2 Å². The molecule has 0 fully saturated rings. The van der Waals surface area contributed by atoms with E-state index in [1.807, 2.05) is 18.2 Å². The van der Waals surface area contributed by atoms with Gasteiger partial charge in [0.15, 0.2) is 5.13 Å². The van der Waals surface area contributed by atoms with Crippen LogP contribution in [0.4, 0.5) is 10.8 Å². The molecule has 0 saturated carbocycles. The second kappa shape index (κ2) is 7.46. The molecule has 0 radical (unpaired) electrons. The Morgan fingerprint density at radius 1 is 1.22 bits per heavy atom. The highest BCUT2D eigenvalue weighted by molar-refractivity contribution is 7.18. The van der Waals surface area contributed by atoms with Gasteiger partial charge in [0.2, 0.25) is 5.91 Å². The molecule has 1 aliphatic rings. The van der Waals surface area contributed by atoms with Gasteiger partial charge in [0.1, 0.15) is 4.88 Å². The first-order valence-corrected chi connectivity index (χ1v) is 9.56. The quantitative estimate of drug-likeness (QED) is 0.728. The number of halogens is 1. The third kappa shape index (κ3) is 3.70. The molecule has 3 aromatic rings. The van der Waals surface area contributed by atoms with Crippen LogP contribution in [0.3, 0.4) is 0 Å². The lowest BCUT2D eigenvalue weighted by atomic mass is 10.1. The van der Waals surface area contributed by atoms with Gasteiger partial charge >= 0.3 is 0 Å². The number of carbonyl (C=O) groups excluding carboxylic acids is 2. The number of benzene rings is 1. The molecule has 8 heteroatoms. The van der Waals surface area contributed by atoms with Crippen LogP contribution in [0.15, 0.2) is 48.8 Å². The second-order valence-corrected chi connectivity index (χ2v) is 7.44. The van der Waals surface area contributed by atoms with Crippen molar-refractivity contribution in [2.75, 3.05) is 16.8 Å². The van der Waals surface area contributed by atoms with Crippen LogP contribution in [-0.2, 0) is 17.6 Å². The number of nitrogens with one attached hydrogen (secondary N) is 1. The van der Waals surface area contributed by atoms with E-state index in [4.69, 9.17) is 11.6 Å². The number of amides is 2. The van der Waals surface area contributed by atoms with Gasteiger partial charge in [-0.05, 0) is 29.8 Å². The van der Waals surface area contributed by atoms with Gasteiger partial charge in [-0.25, -0.2) is 4.98 Å². The van der Waals surface area contributed by atoms with Crippen molar-refractivity contribution in [3.8, 4) is 0 Å². The molecular weight excluding hydrogens is 384 g/mol. The number of hydrogen-bond donors (Lipinski definition) is 1. The van der Waals surface area contributed by atoms with Crippen molar-refractivity contribution in [3.63, 3.8) is 0 Å². The zero-order valence-electron chi connectivity index (χ0n) is 14.2. The third-order valence-electron chi connectivity index (χ3n) is 4.21. The van der Waals surface area contributed by atoms with E-state index in [0.717, 1.165) is 5.56 Å². The molecule has 0 unspecified atom stereocenters. The normalized spacial score (nSPS) is 13.4. The van der Waals surface area contributed by atoms with Gasteiger partial charge in [-0.1, -0.05) is 35.1 Å². The summed E-state index contributed by atoms with van der Waals surface area (Å²) < 4.78 is 0. The van der Waals surface area contributed by atoms with Crippen molar-refractivity contribution < 1.29 is 9.59 Å². The Morgan fingerprint density at radius 3 is 2.78 bits per heavy atom. The number of thiazole rings is 1. The van der Waals surface area contributed by atoms with Gasteiger partial charge in [0.25, 0.3) is 5.91 Å². The summed E-state index contributed by atoms with van der Waals surface area (Å²) in [6, 6.07) is 10.8. The zero-order valence-corrected chi connectivity index (χ0v) is 15.8. The van der Waals surface area contributed by atoms with Crippen LogP contribution in [0.2, 0.25) is 5.02 Å². The third-order valence-corrected chi connectivity index (χ3v) is 5.53. The second-order valence-electron chi connectivity index (χ2n) is 6.03. The van der Waals surface area contributed by atoms with E-state index in [0.29, 0.717) is 39.4 Å². The molecule has 2 aromatic heterocycles. The summed E-state index contributed by atoms with van der Waals surface area (Å²) >= 11 is 7.43. The fourth-order valence-electron chi connectivity index (χ4n) is 2.93. The van der Waals surface area contributed by atoms with E-state index < -0.39 is 0 Å². The van der Waals surface area contributed by atoms with E-state index >= 15 is 0 Å². The van der Waals surface area contributed by atoms with Crippen LogP contribution in [0.25, 0.3) is 0 Å². The Hall–Kier alpha value is -2.77. The average Bonchev–Trinajstić information content (AvgIpc) is 3.07. The molecule has 1 aliphatic heterocycles. The summed E-state index contributed by atoms with van der Waals surface area (Å²) in [5.41, 5.74) is 2.27. The van der Waals surface area contributed by atoms with Crippen molar-refractivity contribution >= 4 is 45.6 Å². The molecule has 0 bridgehead atoms. The molecule has 0 saturated heterocycles. The number of carbonyl (C=O) groups is 2. The number of nitrogens with zero attached hydrogens (tertiary/aromatic N) is 3. The molecule has 0 atom stereocenters. The molecule has 0 aliphatic carbocycles. The Balaban J connectivity index is 1.51. The van der Waals surface area contributed by atoms with Gasteiger partial charge < -0.3 is 10.2 Å². The van der Waals surface area contributed by atoms with Gasteiger partial charge in [0.05, 0.1) is 22.8 Å². The smallest absolute Gasteiger partial charge is 0.270 e. The molecule has 4 rings (SSSR count). The largest absolute Gasteiger partial charge is 0.306 e. The van der Waals surface area contributed by atoms with Crippen LogP contribution >= 0.6 is 22.9 Å². The molecule has 1 N–H and O–H groups in total. The van der Waals surface area contributed by atoms with Gasteiger partial charge in [-0.2, -0.15) is 0 Å². The van der Waals surface area contributed by atoms with Crippen molar-refractivity contribution in [1.82, 2.24) is 9.97 Å². The van der Waals surface area contributed by atoms with E-state index in [1.165, 1.54) is 11.3 Å². The summed E-state index contributed by atoms with van der Waals surface area (Å²) in [5.74, 6) is -0.320. The fraction of sp³-hybridized carbons (Fsp3) is 0.158. The van der Waals surface area contributed by atoms with Crippen LogP contribution in [0.5, 0.6) is 0 Å². The number of hydrogen-bond acceptors (Lipinski definition) is 5. The molecular formula is C19H15ClN4O2S.